The molecule has 4 heterocycles. The van der Waals surface area contributed by atoms with Crippen molar-refractivity contribution in [2.24, 2.45) is 5.41 Å². The Morgan fingerprint density at radius 2 is 1.85 bits per heavy atom. The largest absolute Gasteiger partial charge is 0.492 e. The molecular formula is C28H35F3N4O4. The van der Waals surface area contributed by atoms with Crippen LogP contribution in [0.1, 0.15) is 61.0 Å². The zero-order chi connectivity index (χ0) is 27.5. The normalized spacial score (nSPS) is 22.6. The predicted octanol–water partition coefficient (Wildman–Crippen LogP) is 4.39. The lowest BCUT2D eigenvalue weighted by atomic mass is 9.75. The number of hydrogen-bond donors (Lipinski definition) is 0. The fraction of sp³-hybridized carbons (Fsp3) is 0.607. The van der Waals surface area contributed by atoms with Gasteiger partial charge in [0, 0.05) is 37.9 Å². The first kappa shape index (κ1) is 27.5. The summed E-state index contributed by atoms with van der Waals surface area (Å²) in [6, 6.07) is 8.33. The Kier molecular flexibility index (Phi) is 8.16. The first-order valence-electron chi connectivity index (χ1n) is 13.7. The van der Waals surface area contributed by atoms with Crippen molar-refractivity contribution in [2.75, 3.05) is 39.5 Å². The molecule has 2 amide bonds. The molecule has 1 aromatic carbocycles. The number of carbonyl (C=O) groups excluding carboxylic acids is 2. The van der Waals surface area contributed by atoms with Gasteiger partial charge in [0.2, 0.25) is 5.91 Å². The zero-order valence-corrected chi connectivity index (χ0v) is 22.0. The summed E-state index contributed by atoms with van der Waals surface area (Å²) in [5.41, 5.74) is -0.628. The molecule has 3 aliphatic rings. The van der Waals surface area contributed by atoms with Crippen molar-refractivity contribution in [1.82, 2.24) is 19.6 Å². The number of likely N-dealkylation sites (tertiary alicyclic amines) is 1. The first-order valence-corrected chi connectivity index (χ1v) is 13.7. The molecule has 0 unspecified atom stereocenters. The number of nitrogens with zero attached hydrogens (tertiary/aromatic N) is 4. The summed E-state index contributed by atoms with van der Waals surface area (Å²) < 4.78 is 52.0. The van der Waals surface area contributed by atoms with E-state index in [0.29, 0.717) is 63.6 Å². The molecule has 0 saturated carbocycles. The number of halogens is 3. The number of para-hydroxylation sites is 1. The third kappa shape index (κ3) is 6.40. The third-order valence-corrected chi connectivity index (χ3v) is 8.25. The van der Waals surface area contributed by atoms with E-state index in [1.807, 2.05) is 29.2 Å². The number of amides is 2. The number of benzene rings is 1. The van der Waals surface area contributed by atoms with Gasteiger partial charge in [-0.25, -0.2) is 0 Å². The maximum atomic E-state index is 13.5. The van der Waals surface area contributed by atoms with E-state index < -0.39 is 11.9 Å². The molecule has 0 N–H and O–H groups in total. The van der Waals surface area contributed by atoms with Gasteiger partial charge in [0.05, 0.1) is 24.8 Å². The Balaban J connectivity index is 1.26. The summed E-state index contributed by atoms with van der Waals surface area (Å²) in [4.78, 5) is 29.9. The van der Waals surface area contributed by atoms with E-state index in [2.05, 4.69) is 5.10 Å². The van der Waals surface area contributed by atoms with Crippen molar-refractivity contribution >= 4 is 11.8 Å². The lowest BCUT2D eigenvalue weighted by Gasteiger charge is -2.42. The summed E-state index contributed by atoms with van der Waals surface area (Å²) in [6.45, 7) is 3.06. The SMILES string of the molecule is O=C(Cn1ccc(C(F)(F)F)n1)N1CCC2(CCCCOC[C@@H]3CCCN3C(=O)c3ccccc3OC2)CC1. The summed E-state index contributed by atoms with van der Waals surface area (Å²) in [5, 5.41) is 3.50. The topological polar surface area (TPSA) is 76.9 Å². The highest BCUT2D eigenvalue weighted by Gasteiger charge is 2.38. The second-order valence-electron chi connectivity index (χ2n) is 10.9. The summed E-state index contributed by atoms with van der Waals surface area (Å²) in [6.07, 6.45) is 2.72. The van der Waals surface area contributed by atoms with E-state index >= 15 is 0 Å². The molecule has 1 aromatic heterocycles. The lowest BCUT2D eigenvalue weighted by molar-refractivity contribution is -0.142. The average molecular weight is 549 g/mol. The highest BCUT2D eigenvalue weighted by Crippen LogP contribution is 2.38. The van der Waals surface area contributed by atoms with Crippen molar-refractivity contribution < 1.29 is 32.2 Å². The van der Waals surface area contributed by atoms with Gasteiger partial charge in [-0.15, -0.1) is 0 Å². The van der Waals surface area contributed by atoms with Gasteiger partial charge in [0.1, 0.15) is 12.3 Å². The van der Waals surface area contributed by atoms with Gasteiger partial charge in [-0.3, -0.25) is 14.3 Å². The van der Waals surface area contributed by atoms with Crippen molar-refractivity contribution in [1.29, 1.82) is 0 Å². The van der Waals surface area contributed by atoms with E-state index in [0.717, 1.165) is 42.9 Å². The van der Waals surface area contributed by atoms with Crippen LogP contribution in [-0.4, -0.2) is 76.9 Å². The Labute approximate surface area is 226 Å². The van der Waals surface area contributed by atoms with Gasteiger partial charge in [-0.2, -0.15) is 18.3 Å². The monoisotopic (exact) mass is 548 g/mol. The second-order valence-corrected chi connectivity index (χ2v) is 10.9. The quantitative estimate of drug-likeness (QED) is 0.556. The van der Waals surface area contributed by atoms with Crippen LogP contribution in [0.4, 0.5) is 13.2 Å². The number of alkyl halides is 3. The van der Waals surface area contributed by atoms with Crippen LogP contribution in [0.3, 0.4) is 0 Å². The maximum Gasteiger partial charge on any atom is 0.435 e. The summed E-state index contributed by atoms with van der Waals surface area (Å²) >= 11 is 0. The molecule has 0 radical (unpaired) electrons. The molecule has 39 heavy (non-hydrogen) atoms. The maximum absolute atomic E-state index is 13.5. The van der Waals surface area contributed by atoms with Crippen LogP contribution in [0, 0.1) is 5.41 Å². The standard InChI is InChI=1S/C28H35F3N4O4/c29-28(30,31)24-9-14-34(32-24)18-25(36)33-15-11-27(12-16-33)10-3-4-17-38-19-21-6-5-13-35(21)26(37)22-7-1-2-8-23(22)39-20-27/h1-2,7-9,14,21H,3-6,10-13,15-20H2/t21-/m0/s1. The molecule has 1 spiro atoms. The highest BCUT2D eigenvalue weighted by atomic mass is 19.4. The minimum absolute atomic E-state index is 0.0319. The van der Waals surface area contributed by atoms with E-state index in [9.17, 15) is 22.8 Å². The van der Waals surface area contributed by atoms with Gasteiger partial charge >= 0.3 is 6.18 Å². The Morgan fingerprint density at radius 3 is 2.62 bits per heavy atom. The van der Waals surface area contributed by atoms with Gasteiger partial charge in [-0.1, -0.05) is 18.6 Å². The van der Waals surface area contributed by atoms with Gasteiger partial charge < -0.3 is 19.3 Å². The average Bonchev–Trinajstić information content (AvgIpc) is 3.59. The number of carbonyl (C=O) groups is 2. The molecule has 212 valence electrons. The van der Waals surface area contributed by atoms with E-state index in [4.69, 9.17) is 9.47 Å². The van der Waals surface area contributed by atoms with Crippen LogP contribution in [-0.2, 0) is 22.3 Å². The van der Waals surface area contributed by atoms with Crippen LogP contribution in [0.15, 0.2) is 36.5 Å². The van der Waals surface area contributed by atoms with Crippen molar-refractivity contribution in [3.8, 4) is 5.75 Å². The number of hydrogen-bond acceptors (Lipinski definition) is 5. The molecule has 11 heteroatoms. The minimum Gasteiger partial charge on any atom is -0.492 e. The number of piperidine rings is 1. The van der Waals surface area contributed by atoms with Crippen molar-refractivity contribution in [3.05, 3.63) is 47.8 Å². The van der Waals surface area contributed by atoms with E-state index in [1.54, 1.807) is 4.90 Å². The number of aromatic nitrogens is 2. The Bertz CT molecular complexity index is 1160. The molecule has 8 nitrogen and oxygen atoms in total. The molecular weight excluding hydrogens is 513 g/mol. The molecule has 1 atom stereocenters. The predicted molar refractivity (Wildman–Crippen MR) is 136 cm³/mol. The van der Waals surface area contributed by atoms with Gasteiger partial charge in [0.15, 0.2) is 5.69 Å². The van der Waals surface area contributed by atoms with Crippen LogP contribution >= 0.6 is 0 Å². The van der Waals surface area contributed by atoms with Crippen LogP contribution < -0.4 is 4.74 Å². The fourth-order valence-corrected chi connectivity index (χ4v) is 5.89. The van der Waals surface area contributed by atoms with Crippen molar-refractivity contribution in [2.45, 2.75) is 63.7 Å². The molecule has 2 fully saturated rings. The zero-order valence-electron chi connectivity index (χ0n) is 22.0. The molecule has 2 aromatic rings. The van der Waals surface area contributed by atoms with Gasteiger partial charge in [-0.05, 0) is 56.7 Å². The van der Waals surface area contributed by atoms with Crippen LogP contribution in [0.5, 0.6) is 5.75 Å². The molecule has 0 bridgehead atoms. The number of fused-ring (bicyclic) bond motifs is 2. The first-order chi connectivity index (χ1) is 18.7. The van der Waals surface area contributed by atoms with Crippen LogP contribution in [0.2, 0.25) is 0 Å². The minimum atomic E-state index is -4.54. The molecule has 3 aliphatic heterocycles. The fourth-order valence-electron chi connectivity index (χ4n) is 5.89. The smallest absolute Gasteiger partial charge is 0.435 e. The van der Waals surface area contributed by atoms with Crippen LogP contribution in [0.25, 0.3) is 0 Å². The van der Waals surface area contributed by atoms with Crippen molar-refractivity contribution in [3.63, 3.8) is 0 Å². The number of ether oxygens (including phenoxy) is 2. The van der Waals surface area contributed by atoms with E-state index in [-0.39, 0.29) is 29.8 Å². The summed E-state index contributed by atoms with van der Waals surface area (Å²) in [5.74, 6) is 0.284. The second kappa shape index (κ2) is 11.6. The summed E-state index contributed by atoms with van der Waals surface area (Å²) in [7, 11) is 0. The highest BCUT2D eigenvalue weighted by molar-refractivity contribution is 5.97. The molecule has 2 saturated heterocycles. The van der Waals surface area contributed by atoms with Gasteiger partial charge in [0.25, 0.3) is 5.91 Å². The molecule has 0 aliphatic carbocycles. The molecule has 5 rings (SSSR count). The number of rotatable bonds is 2. The van der Waals surface area contributed by atoms with E-state index in [1.165, 1.54) is 6.20 Å². The Morgan fingerprint density at radius 1 is 1.05 bits per heavy atom. The Hall–Kier alpha value is -3.08. The lowest BCUT2D eigenvalue weighted by Crippen LogP contribution is -2.46. The third-order valence-electron chi connectivity index (χ3n) is 8.25.